The van der Waals surface area contributed by atoms with Crippen molar-refractivity contribution in [2.75, 3.05) is 7.05 Å². The van der Waals surface area contributed by atoms with Crippen molar-refractivity contribution in [3.05, 3.63) is 55.4 Å². The lowest BCUT2D eigenvalue weighted by molar-refractivity contribution is 0.609. The van der Waals surface area contributed by atoms with E-state index >= 15 is 0 Å². The Balaban J connectivity index is 2.41. The summed E-state index contributed by atoms with van der Waals surface area (Å²) in [6.07, 6.45) is 0. The fourth-order valence-electron chi connectivity index (χ4n) is 1.89. The molecule has 2 aromatic rings. The first-order valence-corrected chi connectivity index (χ1v) is 7.33. The van der Waals surface area contributed by atoms with Gasteiger partial charge in [0.2, 0.25) is 0 Å². The summed E-state index contributed by atoms with van der Waals surface area (Å²) >= 11 is 5.24. The normalized spacial score (nSPS) is 12.7. The van der Waals surface area contributed by atoms with Gasteiger partial charge in [0.15, 0.2) is 0 Å². The standard InChI is InChI=1S/C14H15BrFNS/c1-8-4-5-10(6-12(8)16)14(17-3)13-7-11(15)9(2)18-13/h4-7,14,17H,1-3H3. The molecule has 0 spiro atoms. The second-order valence-corrected chi connectivity index (χ2v) is 6.43. The van der Waals surface area contributed by atoms with Crippen molar-refractivity contribution in [2.45, 2.75) is 19.9 Å². The van der Waals surface area contributed by atoms with Crippen LogP contribution in [0, 0.1) is 19.7 Å². The highest BCUT2D eigenvalue weighted by Gasteiger charge is 2.16. The molecule has 18 heavy (non-hydrogen) atoms. The fourth-order valence-corrected chi connectivity index (χ4v) is 3.59. The van der Waals surface area contributed by atoms with Crippen molar-refractivity contribution in [3.63, 3.8) is 0 Å². The van der Waals surface area contributed by atoms with E-state index in [4.69, 9.17) is 0 Å². The van der Waals surface area contributed by atoms with E-state index in [0.717, 1.165) is 10.0 Å². The van der Waals surface area contributed by atoms with E-state index < -0.39 is 0 Å². The second-order valence-electron chi connectivity index (χ2n) is 4.28. The minimum Gasteiger partial charge on any atom is -0.309 e. The van der Waals surface area contributed by atoms with Gasteiger partial charge in [-0.1, -0.05) is 12.1 Å². The summed E-state index contributed by atoms with van der Waals surface area (Å²) in [5.74, 6) is -0.153. The summed E-state index contributed by atoms with van der Waals surface area (Å²) in [7, 11) is 1.89. The zero-order valence-electron chi connectivity index (χ0n) is 10.6. The number of benzene rings is 1. The molecule has 0 saturated carbocycles. The van der Waals surface area contributed by atoms with E-state index in [9.17, 15) is 4.39 Å². The molecule has 1 aromatic heterocycles. The van der Waals surface area contributed by atoms with Gasteiger partial charge in [-0.05, 0) is 60.1 Å². The smallest absolute Gasteiger partial charge is 0.126 e. The maximum absolute atomic E-state index is 13.6. The van der Waals surface area contributed by atoms with E-state index in [1.807, 2.05) is 19.2 Å². The van der Waals surface area contributed by atoms with Crippen LogP contribution in [-0.2, 0) is 0 Å². The van der Waals surface area contributed by atoms with Gasteiger partial charge in [-0.2, -0.15) is 0 Å². The molecular weight excluding hydrogens is 313 g/mol. The predicted octanol–water partition coefficient (Wildman–Crippen LogP) is 4.58. The molecule has 2 rings (SSSR count). The lowest BCUT2D eigenvalue weighted by Crippen LogP contribution is -2.16. The molecule has 96 valence electrons. The zero-order chi connectivity index (χ0) is 13.3. The van der Waals surface area contributed by atoms with Crippen LogP contribution in [0.2, 0.25) is 0 Å². The molecule has 1 atom stereocenters. The van der Waals surface area contributed by atoms with Crippen LogP contribution in [0.5, 0.6) is 0 Å². The SMILES string of the molecule is CNC(c1ccc(C)c(F)c1)c1cc(Br)c(C)s1. The Morgan fingerprint density at radius 1 is 1.28 bits per heavy atom. The van der Waals surface area contributed by atoms with E-state index in [2.05, 4.69) is 34.2 Å². The van der Waals surface area contributed by atoms with Gasteiger partial charge in [-0.3, -0.25) is 0 Å². The minimum atomic E-state index is -0.153. The summed E-state index contributed by atoms with van der Waals surface area (Å²) < 4.78 is 14.7. The van der Waals surface area contributed by atoms with Crippen LogP contribution in [0.3, 0.4) is 0 Å². The number of rotatable bonds is 3. The van der Waals surface area contributed by atoms with Gasteiger partial charge in [-0.25, -0.2) is 4.39 Å². The minimum absolute atomic E-state index is 0.0371. The molecule has 0 saturated heterocycles. The average Bonchev–Trinajstić information content (AvgIpc) is 2.65. The Morgan fingerprint density at radius 2 is 2.00 bits per heavy atom. The third-order valence-corrected chi connectivity index (χ3v) is 5.18. The third-order valence-electron chi connectivity index (χ3n) is 2.98. The van der Waals surface area contributed by atoms with E-state index in [1.165, 1.54) is 9.75 Å². The van der Waals surface area contributed by atoms with Gasteiger partial charge in [0.1, 0.15) is 5.82 Å². The van der Waals surface area contributed by atoms with Gasteiger partial charge >= 0.3 is 0 Å². The largest absolute Gasteiger partial charge is 0.309 e. The molecule has 1 aromatic carbocycles. The Hall–Kier alpha value is -0.710. The highest BCUT2D eigenvalue weighted by atomic mass is 79.9. The Labute approximate surface area is 119 Å². The molecule has 1 nitrogen and oxygen atoms in total. The molecule has 0 aliphatic carbocycles. The molecule has 0 amide bonds. The number of nitrogens with one attached hydrogen (secondary N) is 1. The van der Waals surface area contributed by atoms with Crippen LogP contribution in [-0.4, -0.2) is 7.05 Å². The molecule has 4 heteroatoms. The molecule has 0 aliphatic rings. The highest BCUT2D eigenvalue weighted by molar-refractivity contribution is 9.10. The van der Waals surface area contributed by atoms with Crippen LogP contribution in [0.25, 0.3) is 0 Å². The summed E-state index contributed by atoms with van der Waals surface area (Å²) in [6, 6.07) is 7.54. The molecule has 1 heterocycles. The van der Waals surface area contributed by atoms with Crippen molar-refractivity contribution in [2.24, 2.45) is 0 Å². The van der Waals surface area contributed by atoms with Crippen LogP contribution >= 0.6 is 27.3 Å². The maximum Gasteiger partial charge on any atom is 0.126 e. The van der Waals surface area contributed by atoms with Crippen molar-refractivity contribution in [1.82, 2.24) is 5.32 Å². The predicted molar refractivity (Wildman–Crippen MR) is 78.8 cm³/mol. The number of hydrogen-bond donors (Lipinski definition) is 1. The van der Waals surface area contributed by atoms with Crippen LogP contribution in [0.15, 0.2) is 28.7 Å². The first-order chi connectivity index (χ1) is 8.52. The Bertz CT molecular complexity index is 545. The van der Waals surface area contributed by atoms with Crippen molar-refractivity contribution in [3.8, 4) is 0 Å². The van der Waals surface area contributed by atoms with Crippen molar-refractivity contribution < 1.29 is 4.39 Å². The molecular formula is C14H15BrFNS. The molecule has 0 radical (unpaired) electrons. The first kappa shape index (κ1) is 13.7. The molecule has 0 aliphatic heterocycles. The molecule has 1 unspecified atom stereocenters. The number of hydrogen-bond acceptors (Lipinski definition) is 2. The molecule has 0 bridgehead atoms. The van der Waals surface area contributed by atoms with Gasteiger partial charge in [-0.15, -0.1) is 11.3 Å². The summed E-state index contributed by atoms with van der Waals surface area (Å²) in [5.41, 5.74) is 1.63. The number of halogens is 2. The zero-order valence-corrected chi connectivity index (χ0v) is 13.0. The lowest BCUT2D eigenvalue weighted by Gasteiger charge is -2.15. The van der Waals surface area contributed by atoms with Gasteiger partial charge in [0.25, 0.3) is 0 Å². The van der Waals surface area contributed by atoms with Gasteiger partial charge < -0.3 is 5.32 Å². The van der Waals surface area contributed by atoms with Crippen LogP contribution < -0.4 is 5.32 Å². The topological polar surface area (TPSA) is 12.0 Å². The van der Waals surface area contributed by atoms with Crippen molar-refractivity contribution >= 4 is 27.3 Å². The maximum atomic E-state index is 13.6. The summed E-state index contributed by atoms with van der Waals surface area (Å²) in [5, 5.41) is 3.24. The van der Waals surface area contributed by atoms with E-state index in [1.54, 1.807) is 24.3 Å². The first-order valence-electron chi connectivity index (χ1n) is 5.72. The fraction of sp³-hybridized carbons (Fsp3) is 0.286. The highest BCUT2D eigenvalue weighted by Crippen LogP contribution is 2.33. The lowest BCUT2D eigenvalue weighted by atomic mass is 10.0. The van der Waals surface area contributed by atoms with Crippen molar-refractivity contribution in [1.29, 1.82) is 0 Å². The third kappa shape index (κ3) is 2.66. The van der Waals surface area contributed by atoms with E-state index in [-0.39, 0.29) is 11.9 Å². The molecule has 0 fully saturated rings. The number of aryl methyl sites for hydroxylation is 2. The van der Waals surface area contributed by atoms with Crippen LogP contribution in [0.4, 0.5) is 4.39 Å². The summed E-state index contributed by atoms with van der Waals surface area (Å²) in [6.45, 7) is 3.85. The Morgan fingerprint density at radius 3 is 2.50 bits per heavy atom. The summed E-state index contributed by atoms with van der Waals surface area (Å²) in [4.78, 5) is 2.42. The van der Waals surface area contributed by atoms with E-state index in [0.29, 0.717) is 5.56 Å². The van der Waals surface area contributed by atoms with Crippen LogP contribution in [0.1, 0.15) is 26.9 Å². The average molecular weight is 328 g/mol. The molecule has 1 N–H and O–H groups in total. The number of thiophene rings is 1. The second kappa shape index (κ2) is 5.51. The van der Waals surface area contributed by atoms with Gasteiger partial charge in [0.05, 0.1) is 6.04 Å². The Kier molecular flexibility index (Phi) is 4.20. The monoisotopic (exact) mass is 327 g/mol. The quantitative estimate of drug-likeness (QED) is 0.870. The van der Waals surface area contributed by atoms with Gasteiger partial charge in [0, 0.05) is 14.2 Å².